The lowest BCUT2D eigenvalue weighted by molar-refractivity contribution is 0.0697. The number of rotatable bonds is 4. The predicted molar refractivity (Wildman–Crippen MR) is 76.1 cm³/mol. The Morgan fingerprint density at radius 1 is 1.40 bits per heavy atom. The van der Waals surface area contributed by atoms with E-state index in [9.17, 15) is 9.59 Å². The molecule has 2 rings (SSSR count). The van der Waals surface area contributed by atoms with Gasteiger partial charge < -0.3 is 15.7 Å². The van der Waals surface area contributed by atoms with E-state index < -0.39 is 12.0 Å². The van der Waals surface area contributed by atoms with Gasteiger partial charge in [-0.25, -0.2) is 14.6 Å². The summed E-state index contributed by atoms with van der Waals surface area (Å²) in [6.07, 6.45) is 1.67. The van der Waals surface area contributed by atoms with Gasteiger partial charge in [-0.05, 0) is 24.6 Å². The van der Waals surface area contributed by atoms with Crippen molar-refractivity contribution in [2.75, 3.05) is 5.32 Å². The zero-order chi connectivity index (χ0) is 14.5. The highest BCUT2D eigenvalue weighted by molar-refractivity contribution is 7.09. The first-order valence-corrected chi connectivity index (χ1v) is 6.71. The monoisotopic (exact) mass is 291 g/mol. The Morgan fingerprint density at radius 3 is 2.85 bits per heavy atom. The molecule has 0 spiro atoms. The molecular weight excluding hydrogens is 278 g/mol. The topological polar surface area (TPSA) is 91.3 Å². The van der Waals surface area contributed by atoms with Crippen molar-refractivity contribution in [2.45, 2.75) is 13.5 Å². The second-order valence-corrected chi connectivity index (χ2v) is 5.05. The van der Waals surface area contributed by atoms with Crippen LogP contribution in [0.3, 0.4) is 0 Å². The highest BCUT2D eigenvalue weighted by atomic mass is 32.1. The number of anilines is 1. The summed E-state index contributed by atoms with van der Waals surface area (Å²) in [5.41, 5.74) is 1.40. The van der Waals surface area contributed by atoms with Crippen molar-refractivity contribution in [3.05, 3.63) is 45.9 Å². The number of nitrogens with one attached hydrogen (secondary N) is 2. The molecule has 0 atom stereocenters. The molecule has 1 aromatic heterocycles. The van der Waals surface area contributed by atoms with Gasteiger partial charge in [0.05, 0.1) is 12.1 Å². The average Bonchev–Trinajstić information content (AvgIpc) is 2.92. The highest BCUT2D eigenvalue weighted by Gasteiger charge is 2.09. The van der Waals surface area contributed by atoms with E-state index in [1.165, 1.54) is 23.5 Å². The summed E-state index contributed by atoms with van der Waals surface area (Å²) < 4.78 is 0. The summed E-state index contributed by atoms with van der Waals surface area (Å²) in [4.78, 5) is 26.7. The molecule has 0 aliphatic rings. The Bertz CT molecular complexity index is 626. The van der Waals surface area contributed by atoms with Crippen molar-refractivity contribution in [1.82, 2.24) is 10.3 Å². The Balaban J connectivity index is 2.00. The van der Waals surface area contributed by atoms with Crippen molar-refractivity contribution in [2.24, 2.45) is 0 Å². The van der Waals surface area contributed by atoms with Gasteiger partial charge in [-0.15, -0.1) is 11.3 Å². The largest absolute Gasteiger partial charge is 0.478 e. The lowest BCUT2D eigenvalue weighted by Crippen LogP contribution is -2.28. The summed E-state index contributed by atoms with van der Waals surface area (Å²) >= 11 is 1.45. The van der Waals surface area contributed by atoms with Crippen molar-refractivity contribution < 1.29 is 14.7 Å². The molecule has 20 heavy (non-hydrogen) atoms. The number of urea groups is 1. The third kappa shape index (κ3) is 3.55. The van der Waals surface area contributed by atoms with Gasteiger partial charge >= 0.3 is 12.0 Å². The van der Waals surface area contributed by atoms with Gasteiger partial charge in [0.1, 0.15) is 5.01 Å². The number of carboxylic acids is 1. The van der Waals surface area contributed by atoms with Crippen LogP contribution in [-0.4, -0.2) is 22.1 Å². The Labute approximate surface area is 119 Å². The maximum Gasteiger partial charge on any atom is 0.335 e. The van der Waals surface area contributed by atoms with Crippen molar-refractivity contribution >= 4 is 29.0 Å². The first-order valence-electron chi connectivity index (χ1n) is 5.83. The molecule has 0 saturated heterocycles. The zero-order valence-electron chi connectivity index (χ0n) is 10.7. The molecule has 0 bridgehead atoms. The third-order valence-electron chi connectivity index (χ3n) is 2.62. The molecular formula is C13H13N3O3S. The van der Waals surface area contributed by atoms with Gasteiger partial charge in [-0.2, -0.15) is 0 Å². The summed E-state index contributed by atoms with van der Waals surface area (Å²) in [6, 6.07) is 4.18. The minimum atomic E-state index is -1.03. The molecule has 2 amide bonds. The van der Waals surface area contributed by atoms with Gasteiger partial charge in [0.2, 0.25) is 0 Å². The predicted octanol–water partition coefficient (Wildman–Crippen LogP) is 2.47. The maximum atomic E-state index is 11.7. The molecule has 0 unspecified atom stereocenters. The number of aryl methyl sites for hydroxylation is 1. The van der Waals surface area contributed by atoms with E-state index in [2.05, 4.69) is 15.6 Å². The minimum Gasteiger partial charge on any atom is -0.478 e. The van der Waals surface area contributed by atoms with Gasteiger partial charge in [-0.1, -0.05) is 6.07 Å². The lowest BCUT2D eigenvalue weighted by Gasteiger charge is -2.10. The molecule has 1 heterocycles. The molecule has 6 nitrogen and oxygen atoms in total. The van der Waals surface area contributed by atoms with Crippen LogP contribution in [-0.2, 0) is 6.54 Å². The molecule has 0 aliphatic carbocycles. The molecule has 3 N–H and O–H groups in total. The van der Waals surface area contributed by atoms with Crippen LogP contribution in [0.4, 0.5) is 10.5 Å². The molecule has 0 saturated carbocycles. The number of hydrogen-bond acceptors (Lipinski definition) is 4. The molecule has 0 fully saturated rings. The lowest BCUT2D eigenvalue weighted by atomic mass is 10.1. The van der Waals surface area contributed by atoms with Crippen LogP contribution in [0.2, 0.25) is 0 Å². The van der Waals surface area contributed by atoms with Crippen LogP contribution in [0.15, 0.2) is 29.8 Å². The Hall–Kier alpha value is -2.41. The smallest absolute Gasteiger partial charge is 0.335 e. The van der Waals surface area contributed by atoms with Crippen LogP contribution >= 0.6 is 11.3 Å². The number of amides is 2. The molecule has 104 valence electrons. The summed E-state index contributed by atoms with van der Waals surface area (Å²) in [5, 5.41) is 16.8. The van der Waals surface area contributed by atoms with E-state index >= 15 is 0 Å². The quantitative estimate of drug-likeness (QED) is 0.807. The van der Waals surface area contributed by atoms with Crippen LogP contribution in [0, 0.1) is 6.92 Å². The SMILES string of the molecule is Cc1ccc(C(=O)O)cc1NC(=O)NCc1nccs1. The Kier molecular flexibility index (Phi) is 4.31. The van der Waals surface area contributed by atoms with Gasteiger partial charge in [0.25, 0.3) is 0 Å². The second-order valence-electron chi connectivity index (χ2n) is 4.07. The van der Waals surface area contributed by atoms with Crippen molar-refractivity contribution in [3.8, 4) is 0 Å². The number of benzene rings is 1. The molecule has 2 aromatic rings. The fourth-order valence-corrected chi connectivity index (χ4v) is 2.11. The molecule has 7 heteroatoms. The number of aromatic carboxylic acids is 1. The van der Waals surface area contributed by atoms with E-state index in [0.29, 0.717) is 12.2 Å². The molecule has 1 aromatic carbocycles. The zero-order valence-corrected chi connectivity index (χ0v) is 11.5. The summed E-state index contributed by atoms with van der Waals surface area (Å²) in [5.74, 6) is -1.03. The minimum absolute atomic E-state index is 0.130. The first kappa shape index (κ1) is 14.0. The summed E-state index contributed by atoms with van der Waals surface area (Å²) in [7, 11) is 0. The fourth-order valence-electron chi connectivity index (χ4n) is 1.55. The van der Waals surface area contributed by atoms with Gasteiger partial charge in [-0.3, -0.25) is 0 Å². The standard InChI is InChI=1S/C13H13N3O3S/c1-8-2-3-9(12(17)18)6-10(8)16-13(19)15-7-11-14-4-5-20-11/h2-6H,7H2,1H3,(H,17,18)(H2,15,16,19). The van der Waals surface area contributed by atoms with Crippen molar-refractivity contribution in [1.29, 1.82) is 0 Å². The number of nitrogens with zero attached hydrogens (tertiary/aromatic N) is 1. The highest BCUT2D eigenvalue weighted by Crippen LogP contribution is 2.17. The second kappa shape index (κ2) is 6.16. The van der Waals surface area contributed by atoms with Gasteiger partial charge in [0, 0.05) is 17.3 Å². The average molecular weight is 291 g/mol. The van der Waals surface area contributed by atoms with E-state index in [-0.39, 0.29) is 5.56 Å². The number of carbonyl (C=O) groups excluding carboxylic acids is 1. The fraction of sp³-hybridized carbons (Fsp3) is 0.154. The number of carboxylic acid groups (broad SMARTS) is 1. The number of hydrogen-bond donors (Lipinski definition) is 3. The van der Waals surface area contributed by atoms with Crippen LogP contribution < -0.4 is 10.6 Å². The van der Waals surface area contributed by atoms with Crippen LogP contribution in [0.5, 0.6) is 0 Å². The Morgan fingerprint density at radius 2 is 2.20 bits per heavy atom. The first-order chi connectivity index (χ1) is 9.56. The molecule has 0 aliphatic heterocycles. The molecule has 0 radical (unpaired) electrons. The normalized spacial score (nSPS) is 10.1. The van der Waals surface area contributed by atoms with E-state index in [4.69, 9.17) is 5.11 Å². The van der Waals surface area contributed by atoms with Crippen molar-refractivity contribution in [3.63, 3.8) is 0 Å². The number of thiazole rings is 1. The van der Waals surface area contributed by atoms with E-state index in [1.807, 2.05) is 5.38 Å². The maximum absolute atomic E-state index is 11.7. The van der Waals surface area contributed by atoms with Crippen LogP contribution in [0.1, 0.15) is 20.9 Å². The van der Waals surface area contributed by atoms with E-state index in [1.54, 1.807) is 19.2 Å². The number of carbonyl (C=O) groups is 2. The third-order valence-corrected chi connectivity index (χ3v) is 3.40. The van der Waals surface area contributed by atoms with Gasteiger partial charge in [0.15, 0.2) is 0 Å². The summed E-state index contributed by atoms with van der Waals surface area (Å²) in [6.45, 7) is 2.13. The van der Waals surface area contributed by atoms with Crippen LogP contribution in [0.25, 0.3) is 0 Å². The number of aromatic nitrogens is 1. The van der Waals surface area contributed by atoms with E-state index in [0.717, 1.165) is 10.6 Å².